The first kappa shape index (κ1) is 15.2. The summed E-state index contributed by atoms with van der Waals surface area (Å²) in [5.41, 5.74) is 1.02. The molecule has 0 aromatic heterocycles. The minimum Gasteiger partial charge on any atom is -0.486 e. The molecule has 0 N–H and O–H groups in total. The number of carbonyl (C=O) groups is 1. The number of halogens is 1. The maximum Gasteiger partial charge on any atom is 0.162 e. The third-order valence-corrected chi connectivity index (χ3v) is 3.74. The molecule has 1 unspecified atom stereocenters. The van der Waals surface area contributed by atoms with E-state index in [0.29, 0.717) is 42.6 Å². The molecular weight excluding hydrogens is 276 g/mol. The molecule has 1 atom stereocenters. The Morgan fingerprint density at radius 2 is 1.95 bits per heavy atom. The van der Waals surface area contributed by atoms with E-state index >= 15 is 0 Å². The van der Waals surface area contributed by atoms with Crippen LogP contribution in [0.5, 0.6) is 11.5 Å². The van der Waals surface area contributed by atoms with Crippen molar-refractivity contribution in [2.45, 2.75) is 39.5 Å². The van der Waals surface area contributed by atoms with Crippen molar-refractivity contribution in [3.63, 3.8) is 0 Å². The van der Waals surface area contributed by atoms with Crippen molar-refractivity contribution in [3.8, 4) is 11.5 Å². The van der Waals surface area contributed by atoms with E-state index in [0.717, 1.165) is 24.2 Å². The Bertz CT molecular complexity index is 485. The van der Waals surface area contributed by atoms with E-state index in [1.165, 1.54) is 0 Å². The van der Waals surface area contributed by atoms with Crippen LogP contribution in [0.15, 0.2) is 12.1 Å². The van der Waals surface area contributed by atoms with Crippen LogP contribution in [0.2, 0.25) is 5.02 Å². The fourth-order valence-corrected chi connectivity index (χ4v) is 2.71. The summed E-state index contributed by atoms with van der Waals surface area (Å²) < 4.78 is 11.1. The van der Waals surface area contributed by atoms with Gasteiger partial charge in [-0.1, -0.05) is 25.4 Å². The first-order valence-electron chi connectivity index (χ1n) is 7.20. The van der Waals surface area contributed by atoms with Gasteiger partial charge in [-0.2, -0.15) is 0 Å². The smallest absolute Gasteiger partial charge is 0.162 e. The van der Waals surface area contributed by atoms with E-state index in [1.807, 2.05) is 19.1 Å². The van der Waals surface area contributed by atoms with Crippen LogP contribution >= 0.6 is 11.6 Å². The largest absolute Gasteiger partial charge is 0.486 e. The van der Waals surface area contributed by atoms with Crippen LogP contribution in [0.1, 0.15) is 38.7 Å². The topological polar surface area (TPSA) is 35.5 Å². The minimum atomic E-state index is 0.286. The van der Waals surface area contributed by atoms with Crippen LogP contribution in [0.25, 0.3) is 0 Å². The molecule has 0 aliphatic carbocycles. The van der Waals surface area contributed by atoms with Crippen LogP contribution < -0.4 is 9.47 Å². The number of rotatable bonds is 6. The molecule has 0 fully saturated rings. The van der Waals surface area contributed by atoms with Crippen LogP contribution in [-0.2, 0) is 11.2 Å². The lowest BCUT2D eigenvalue weighted by atomic mass is 9.94. The predicted molar refractivity (Wildman–Crippen MR) is 79.8 cm³/mol. The van der Waals surface area contributed by atoms with Crippen LogP contribution in [-0.4, -0.2) is 19.0 Å². The Balaban J connectivity index is 2.03. The fraction of sp³-hybridized carbons (Fsp3) is 0.562. The highest BCUT2D eigenvalue weighted by Crippen LogP contribution is 2.36. The van der Waals surface area contributed by atoms with Gasteiger partial charge in [0.25, 0.3) is 0 Å². The van der Waals surface area contributed by atoms with Crippen LogP contribution in [0.3, 0.4) is 0 Å². The first-order chi connectivity index (χ1) is 9.60. The number of ketones is 1. The van der Waals surface area contributed by atoms with Crippen molar-refractivity contribution in [3.05, 3.63) is 22.7 Å². The highest BCUT2D eigenvalue weighted by molar-refractivity contribution is 6.31. The van der Waals surface area contributed by atoms with Crippen LogP contribution in [0, 0.1) is 5.92 Å². The summed E-state index contributed by atoms with van der Waals surface area (Å²) in [6.07, 6.45) is 2.97. The van der Waals surface area contributed by atoms with Gasteiger partial charge in [0.05, 0.1) is 0 Å². The minimum absolute atomic E-state index is 0.286. The lowest BCUT2D eigenvalue weighted by Gasteiger charge is -2.20. The normalized spacial score (nSPS) is 14.9. The molecule has 20 heavy (non-hydrogen) atoms. The number of hydrogen-bond acceptors (Lipinski definition) is 3. The monoisotopic (exact) mass is 296 g/mol. The number of Topliss-reactive ketones (excluding diaryl/α,β-unsaturated/α-hetero) is 1. The summed E-state index contributed by atoms with van der Waals surface area (Å²) in [7, 11) is 0. The van der Waals surface area contributed by atoms with Crippen molar-refractivity contribution in [2.24, 2.45) is 5.92 Å². The Kier molecular flexibility index (Phi) is 5.30. The number of ether oxygens (including phenoxy) is 2. The maximum atomic E-state index is 11.7. The van der Waals surface area contributed by atoms with Gasteiger partial charge in [0, 0.05) is 23.9 Å². The van der Waals surface area contributed by atoms with Gasteiger partial charge in [-0.25, -0.2) is 0 Å². The zero-order valence-electron chi connectivity index (χ0n) is 12.1. The Morgan fingerprint density at radius 3 is 2.60 bits per heavy atom. The molecule has 1 aromatic rings. The molecule has 0 bridgehead atoms. The first-order valence-corrected chi connectivity index (χ1v) is 7.57. The molecule has 0 spiro atoms. The van der Waals surface area contributed by atoms with E-state index in [2.05, 4.69) is 6.92 Å². The van der Waals surface area contributed by atoms with E-state index in [4.69, 9.17) is 21.1 Å². The molecule has 0 radical (unpaired) electrons. The molecule has 1 aromatic carbocycles. The van der Waals surface area contributed by atoms with E-state index in [-0.39, 0.29) is 5.92 Å². The molecule has 2 rings (SSSR count). The Morgan fingerprint density at radius 1 is 1.30 bits per heavy atom. The summed E-state index contributed by atoms with van der Waals surface area (Å²) in [6, 6.07) is 3.75. The zero-order chi connectivity index (χ0) is 14.5. The standard InChI is InChI=1S/C16H21ClO3/c1-3-4-13(18)8-11(2)7-12-9-15-16(10-14(12)17)20-6-5-19-15/h9-11H,3-8H2,1-2H3. The number of benzene rings is 1. The molecule has 4 heteroatoms. The molecule has 0 saturated heterocycles. The van der Waals surface area contributed by atoms with Gasteiger partial charge >= 0.3 is 0 Å². The molecular formula is C16H21ClO3. The average Bonchev–Trinajstić information content (AvgIpc) is 2.39. The summed E-state index contributed by atoms with van der Waals surface area (Å²) in [5.74, 6) is 2.07. The summed E-state index contributed by atoms with van der Waals surface area (Å²) in [5, 5.41) is 0.684. The Hall–Kier alpha value is -1.22. The third kappa shape index (κ3) is 3.89. The molecule has 0 saturated carbocycles. The molecule has 3 nitrogen and oxygen atoms in total. The van der Waals surface area contributed by atoms with Crippen molar-refractivity contribution in [1.29, 1.82) is 0 Å². The van der Waals surface area contributed by atoms with Crippen molar-refractivity contribution in [2.75, 3.05) is 13.2 Å². The highest BCUT2D eigenvalue weighted by atomic mass is 35.5. The van der Waals surface area contributed by atoms with Gasteiger partial charge in [0.15, 0.2) is 11.5 Å². The number of carbonyl (C=O) groups excluding carboxylic acids is 1. The maximum absolute atomic E-state index is 11.7. The summed E-state index contributed by atoms with van der Waals surface area (Å²) >= 11 is 6.28. The van der Waals surface area contributed by atoms with E-state index < -0.39 is 0 Å². The zero-order valence-corrected chi connectivity index (χ0v) is 12.8. The number of hydrogen-bond donors (Lipinski definition) is 0. The lowest BCUT2D eigenvalue weighted by molar-refractivity contribution is -0.119. The van der Waals surface area contributed by atoms with E-state index in [9.17, 15) is 4.79 Å². The number of fused-ring (bicyclic) bond motifs is 1. The van der Waals surface area contributed by atoms with Gasteiger partial charge < -0.3 is 9.47 Å². The molecule has 110 valence electrons. The molecule has 1 aliphatic heterocycles. The van der Waals surface area contributed by atoms with Gasteiger partial charge in [0.2, 0.25) is 0 Å². The Labute approximate surface area is 125 Å². The van der Waals surface area contributed by atoms with Crippen molar-refractivity contribution >= 4 is 17.4 Å². The second-order valence-electron chi connectivity index (χ2n) is 5.39. The van der Waals surface area contributed by atoms with Gasteiger partial charge in [-0.15, -0.1) is 0 Å². The van der Waals surface area contributed by atoms with Gasteiger partial charge in [-0.3, -0.25) is 4.79 Å². The third-order valence-electron chi connectivity index (χ3n) is 3.38. The lowest BCUT2D eigenvalue weighted by Crippen LogP contribution is -2.16. The predicted octanol–water partition coefficient (Wildman–Crippen LogP) is 4.05. The van der Waals surface area contributed by atoms with Gasteiger partial charge in [0.1, 0.15) is 19.0 Å². The second kappa shape index (κ2) is 6.98. The van der Waals surface area contributed by atoms with Crippen LogP contribution in [0.4, 0.5) is 0 Å². The van der Waals surface area contributed by atoms with Gasteiger partial charge in [-0.05, 0) is 30.4 Å². The molecule has 1 heterocycles. The van der Waals surface area contributed by atoms with E-state index in [1.54, 1.807) is 0 Å². The molecule has 0 amide bonds. The van der Waals surface area contributed by atoms with Crippen molar-refractivity contribution in [1.82, 2.24) is 0 Å². The van der Waals surface area contributed by atoms with Crippen molar-refractivity contribution < 1.29 is 14.3 Å². The highest BCUT2D eigenvalue weighted by Gasteiger charge is 2.17. The quantitative estimate of drug-likeness (QED) is 0.794. The summed E-state index contributed by atoms with van der Waals surface area (Å²) in [6.45, 7) is 5.24. The second-order valence-corrected chi connectivity index (χ2v) is 5.80. The summed E-state index contributed by atoms with van der Waals surface area (Å²) in [4.78, 5) is 11.7. The SMILES string of the molecule is CCCC(=O)CC(C)Cc1cc2c(cc1Cl)OCCO2. The average molecular weight is 297 g/mol. The fourth-order valence-electron chi connectivity index (χ4n) is 2.48. The molecule has 1 aliphatic rings.